The number of rotatable bonds is 2. The molecule has 0 fully saturated rings. The Hall–Kier alpha value is -2.50. The number of allylic oxidation sites excluding steroid dienone is 1. The molecule has 2 amide bonds. The summed E-state index contributed by atoms with van der Waals surface area (Å²) in [5, 5.41) is 2.77. The number of amides is 2. The van der Waals surface area contributed by atoms with Crippen molar-refractivity contribution in [3.05, 3.63) is 53.3 Å². The van der Waals surface area contributed by atoms with Gasteiger partial charge in [0.15, 0.2) is 5.78 Å². The van der Waals surface area contributed by atoms with Crippen LogP contribution in [0.5, 0.6) is 0 Å². The van der Waals surface area contributed by atoms with Gasteiger partial charge in [-0.1, -0.05) is 6.08 Å². The molecular formula is C15H14FN3O2. The average molecular weight is 287 g/mol. The third-order valence-corrected chi connectivity index (χ3v) is 3.63. The lowest BCUT2D eigenvalue weighted by molar-refractivity contribution is -0.114. The first-order chi connectivity index (χ1) is 10.1. The van der Waals surface area contributed by atoms with Gasteiger partial charge in [0.1, 0.15) is 0 Å². The summed E-state index contributed by atoms with van der Waals surface area (Å²) in [7, 11) is 0. The molecule has 21 heavy (non-hydrogen) atoms. The zero-order chi connectivity index (χ0) is 15.0. The number of carbonyl (C=O) groups excluding carboxylic acids is 2. The number of aromatic nitrogens is 1. The number of fused-ring (bicyclic) bond motifs is 1. The number of hydrogen-bond acceptors (Lipinski definition) is 3. The molecule has 1 aromatic heterocycles. The fourth-order valence-electron chi connectivity index (χ4n) is 2.71. The number of pyridine rings is 1. The Kier molecular flexibility index (Phi) is 3.29. The van der Waals surface area contributed by atoms with Crippen LogP contribution < -0.4 is 5.32 Å². The Morgan fingerprint density at radius 1 is 1.52 bits per heavy atom. The maximum Gasteiger partial charge on any atom is 0.322 e. The lowest BCUT2D eigenvalue weighted by atomic mass is 9.91. The van der Waals surface area contributed by atoms with Gasteiger partial charge < -0.3 is 5.32 Å². The van der Waals surface area contributed by atoms with Gasteiger partial charge in [-0.15, -0.1) is 0 Å². The topological polar surface area (TPSA) is 62.3 Å². The van der Waals surface area contributed by atoms with Gasteiger partial charge in [-0.3, -0.25) is 9.69 Å². The van der Waals surface area contributed by atoms with Crippen molar-refractivity contribution in [2.45, 2.75) is 19.4 Å². The standard InChI is InChI=1S/C15H14FN3O2/c1-9(20)13-11-4-2-3-7-19(11)15(21)18-14(13)10-5-6-17-12(16)8-10/h2,4-6,8,14H,3,7H2,1H3,(H,18,21). The summed E-state index contributed by atoms with van der Waals surface area (Å²) in [5.74, 6) is -0.792. The van der Waals surface area contributed by atoms with Crippen molar-refractivity contribution in [2.24, 2.45) is 0 Å². The molecule has 1 aromatic rings. The number of hydrogen-bond donors (Lipinski definition) is 1. The fourth-order valence-corrected chi connectivity index (χ4v) is 2.71. The van der Waals surface area contributed by atoms with Crippen molar-refractivity contribution in [3.63, 3.8) is 0 Å². The second-order valence-electron chi connectivity index (χ2n) is 4.99. The summed E-state index contributed by atoms with van der Waals surface area (Å²) < 4.78 is 13.3. The molecule has 2 aliphatic heterocycles. The van der Waals surface area contributed by atoms with Crippen molar-refractivity contribution in [2.75, 3.05) is 6.54 Å². The second-order valence-corrected chi connectivity index (χ2v) is 4.99. The average Bonchev–Trinajstić information content (AvgIpc) is 2.46. The van der Waals surface area contributed by atoms with E-state index in [0.717, 1.165) is 6.42 Å². The molecule has 108 valence electrons. The Bertz CT molecular complexity index is 681. The van der Waals surface area contributed by atoms with Crippen molar-refractivity contribution < 1.29 is 14.0 Å². The van der Waals surface area contributed by atoms with Crippen molar-refractivity contribution >= 4 is 11.8 Å². The predicted octanol–water partition coefficient (Wildman–Crippen LogP) is 2.09. The number of Topliss-reactive ketones (excluding diaryl/α,β-unsaturated/α-hetero) is 1. The minimum absolute atomic E-state index is 0.149. The first-order valence-corrected chi connectivity index (χ1v) is 6.69. The normalized spacial score (nSPS) is 21.1. The number of urea groups is 1. The minimum Gasteiger partial charge on any atom is -0.327 e. The maximum atomic E-state index is 13.3. The number of carbonyl (C=O) groups is 2. The van der Waals surface area contributed by atoms with Gasteiger partial charge in [0.2, 0.25) is 5.95 Å². The molecule has 1 unspecified atom stereocenters. The van der Waals surface area contributed by atoms with E-state index in [2.05, 4.69) is 10.3 Å². The van der Waals surface area contributed by atoms with E-state index in [9.17, 15) is 14.0 Å². The maximum absolute atomic E-state index is 13.3. The lowest BCUT2D eigenvalue weighted by Gasteiger charge is -2.37. The number of halogens is 1. The third kappa shape index (κ3) is 2.33. The first kappa shape index (κ1) is 13.5. The molecule has 3 rings (SSSR count). The highest BCUT2D eigenvalue weighted by Gasteiger charge is 2.35. The SMILES string of the molecule is CC(=O)C1=C2C=CCCN2C(=O)NC1c1ccnc(F)c1. The van der Waals surface area contributed by atoms with Crippen LogP contribution in [0.15, 0.2) is 41.8 Å². The van der Waals surface area contributed by atoms with Crippen LogP contribution in [-0.2, 0) is 4.79 Å². The Labute approximate surface area is 121 Å². The lowest BCUT2D eigenvalue weighted by Crippen LogP contribution is -2.48. The summed E-state index contributed by atoms with van der Waals surface area (Å²) in [4.78, 5) is 29.3. The zero-order valence-electron chi connectivity index (χ0n) is 11.5. The van der Waals surface area contributed by atoms with Crippen molar-refractivity contribution in [1.82, 2.24) is 15.2 Å². The molecule has 0 aliphatic carbocycles. The van der Waals surface area contributed by atoms with Crippen molar-refractivity contribution in [1.29, 1.82) is 0 Å². The van der Waals surface area contributed by atoms with Gasteiger partial charge in [-0.2, -0.15) is 4.39 Å². The molecule has 0 spiro atoms. The fraction of sp³-hybridized carbons (Fsp3) is 0.267. The van der Waals surface area contributed by atoms with E-state index in [1.54, 1.807) is 17.0 Å². The van der Waals surface area contributed by atoms with Gasteiger partial charge >= 0.3 is 6.03 Å². The zero-order valence-corrected chi connectivity index (χ0v) is 11.5. The molecule has 3 heterocycles. The van der Waals surface area contributed by atoms with Crippen LogP contribution in [-0.4, -0.2) is 28.2 Å². The van der Waals surface area contributed by atoms with E-state index in [4.69, 9.17) is 0 Å². The van der Waals surface area contributed by atoms with Gasteiger partial charge in [-0.25, -0.2) is 9.78 Å². The number of ketones is 1. The molecule has 0 radical (unpaired) electrons. The van der Waals surface area contributed by atoms with Crippen LogP contribution >= 0.6 is 0 Å². The van der Waals surface area contributed by atoms with E-state index in [-0.39, 0.29) is 11.8 Å². The summed E-state index contributed by atoms with van der Waals surface area (Å²) in [6, 6.07) is 1.90. The highest BCUT2D eigenvalue weighted by molar-refractivity contribution is 5.99. The molecule has 5 nitrogen and oxygen atoms in total. The Morgan fingerprint density at radius 3 is 3.05 bits per heavy atom. The van der Waals surface area contributed by atoms with Gasteiger partial charge in [0.25, 0.3) is 0 Å². The second kappa shape index (κ2) is 5.12. The molecule has 0 bridgehead atoms. The van der Waals surface area contributed by atoms with Crippen LogP contribution in [0.25, 0.3) is 0 Å². The molecule has 2 aliphatic rings. The summed E-state index contributed by atoms with van der Waals surface area (Å²) in [5.41, 5.74) is 1.57. The molecule has 1 atom stereocenters. The molecule has 0 saturated carbocycles. The molecule has 6 heteroatoms. The Balaban J connectivity index is 2.16. The molecule has 0 saturated heterocycles. The van der Waals surface area contributed by atoms with Gasteiger partial charge in [0, 0.05) is 18.3 Å². The van der Waals surface area contributed by atoms with E-state index in [1.807, 2.05) is 6.08 Å². The number of nitrogens with zero attached hydrogens (tertiary/aromatic N) is 2. The van der Waals surface area contributed by atoms with Gasteiger partial charge in [-0.05, 0) is 37.1 Å². The molecule has 1 N–H and O–H groups in total. The van der Waals surface area contributed by atoms with E-state index < -0.39 is 12.0 Å². The first-order valence-electron chi connectivity index (χ1n) is 6.69. The summed E-state index contributed by atoms with van der Waals surface area (Å²) in [6.07, 6.45) is 5.78. The quantitative estimate of drug-likeness (QED) is 0.847. The van der Waals surface area contributed by atoms with E-state index in [0.29, 0.717) is 23.4 Å². The monoisotopic (exact) mass is 287 g/mol. The summed E-state index contributed by atoms with van der Waals surface area (Å²) in [6.45, 7) is 1.98. The largest absolute Gasteiger partial charge is 0.327 e. The highest BCUT2D eigenvalue weighted by atomic mass is 19.1. The van der Waals surface area contributed by atoms with Gasteiger partial charge in [0.05, 0.1) is 11.7 Å². The van der Waals surface area contributed by atoms with Crippen LogP contribution in [0.3, 0.4) is 0 Å². The third-order valence-electron chi connectivity index (χ3n) is 3.63. The van der Waals surface area contributed by atoms with Crippen molar-refractivity contribution in [3.8, 4) is 0 Å². The smallest absolute Gasteiger partial charge is 0.322 e. The highest BCUT2D eigenvalue weighted by Crippen LogP contribution is 2.33. The molecular weight excluding hydrogens is 273 g/mol. The Morgan fingerprint density at radius 2 is 2.33 bits per heavy atom. The number of nitrogens with one attached hydrogen (secondary N) is 1. The van der Waals surface area contributed by atoms with Crippen LogP contribution in [0.4, 0.5) is 9.18 Å². The predicted molar refractivity (Wildman–Crippen MR) is 73.6 cm³/mol. The van der Waals surface area contributed by atoms with Crippen LogP contribution in [0.2, 0.25) is 0 Å². The van der Waals surface area contributed by atoms with Crippen LogP contribution in [0, 0.1) is 5.95 Å². The summed E-state index contributed by atoms with van der Waals surface area (Å²) >= 11 is 0. The van der Waals surface area contributed by atoms with Crippen LogP contribution in [0.1, 0.15) is 24.9 Å². The van der Waals surface area contributed by atoms with E-state index in [1.165, 1.54) is 19.2 Å². The van der Waals surface area contributed by atoms with E-state index >= 15 is 0 Å². The molecule has 0 aromatic carbocycles. The minimum atomic E-state index is -0.651.